The smallest absolute Gasteiger partial charge is 0.269 e. The highest BCUT2D eigenvalue weighted by Gasteiger charge is 2.29. The molecule has 0 saturated heterocycles. The van der Waals surface area contributed by atoms with Crippen molar-refractivity contribution in [3.05, 3.63) is 46.6 Å². The van der Waals surface area contributed by atoms with Gasteiger partial charge in [-0.05, 0) is 12.1 Å². The summed E-state index contributed by atoms with van der Waals surface area (Å²) in [4.78, 5) is 17.2. The Morgan fingerprint density at radius 1 is 1.45 bits per heavy atom. The van der Waals surface area contributed by atoms with Gasteiger partial charge in [-0.25, -0.2) is 0 Å². The van der Waals surface area contributed by atoms with Gasteiger partial charge in [0.25, 0.3) is 5.91 Å². The first-order chi connectivity index (χ1) is 9.72. The number of anilines is 1. The molecular formula is C13H11BrN4O2. The van der Waals surface area contributed by atoms with E-state index in [0.717, 1.165) is 15.7 Å². The van der Waals surface area contributed by atoms with E-state index in [9.17, 15) is 4.79 Å². The van der Waals surface area contributed by atoms with Gasteiger partial charge in [0.2, 0.25) is 6.10 Å². The molecule has 2 aromatic rings. The van der Waals surface area contributed by atoms with Crippen LogP contribution >= 0.6 is 15.9 Å². The monoisotopic (exact) mass is 334 g/mol. The molecular weight excluding hydrogens is 324 g/mol. The SMILES string of the molecule is O=C(Nc1ccn[nH]1)[C@H]1CC(c2cccc(Br)c2)=NO1. The van der Waals surface area contributed by atoms with Crippen LogP contribution in [0.15, 0.2) is 46.2 Å². The van der Waals surface area contributed by atoms with Crippen molar-refractivity contribution in [1.29, 1.82) is 0 Å². The van der Waals surface area contributed by atoms with Crippen LogP contribution in [0.3, 0.4) is 0 Å². The number of oxime groups is 1. The molecule has 7 heteroatoms. The van der Waals surface area contributed by atoms with Crippen molar-refractivity contribution >= 4 is 33.4 Å². The molecule has 1 aromatic carbocycles. The third-order valence-electron chi connectivity index (χ3n) is 2.88. The summed E-state index contributed by atoms with van der Waals surface area (Å²) in [5, 5.41) is 13.1. The van der Waals surface area contributed by atoms with Crippen molar-refractivity contribution in [2.24, 2.45) is 5.16 Å². The number of aromatic amines is 1. The molecule has 0 radical (unpaired) electrons. The predicted molar refractivity (Wildman–Crippen MR) is 77.4 cm³/mol. The van der Waals surface area contributed by atoms with E-state index in [1.807, 2.05) is 24.3 Å². The quantitative estimate of drug-likeness (QED) is 0.903. The van der Waals surface area contributed by atoms with Gasteiger partial charge in [-0.2, -0.15) is 5.10 Å². The number of benzene rings is 1. The fourth-order valence-electron chi connectivity index (χ4n) is 1.90. The normalized spacial score (nSPS) is 17.4. The van der Waals surface area contributed by atoms with Crippen molar-refractivity contribution in [2.45, 2.75) is 12.5 Å². The highest BCUT2D eigenvalue weighted by molar-refractivity contribution is 9.10. The van der Waals surface area contributed by atoms with Gasteiger partial charge in [0, 0.05) is 22.5 Å². The zero-order valence-corrected chi connectivity index (χ0v) is 11.9. The van der Waals surface area contributed by atoms with E-state index in [1.54, 1.807) is 12.3 Å². The average Bonchev–Trinajstić information content (AvgIpc) is 3.09. The highest BCUT2D eigenvalue weighted by atomic mass is 79.9. The Morgan fingerprint density at radius 3 is 3.10 bits per heavy atom. The lowest BCUT2D eigenvalue weighted by molar-refractivity contribution is -0.125. The van der Waals surface area contributed by atoms with Crippen LogP contribution in [-0.4, -0.2) is 27.9 Å². The molecule has 1 aliphatic rings. The standard InChI is InChI=1S/C13H11BrN4O2/c14-9-3-1-2-8(6-9)10-7-11(20-18-10)13(19)16-12-4-5-15-17-12/h1-6,11H,7H2,(H2,15,16,17,19)/t11-/m1/s1. The van der Waals surface area contributed by atoms with Crippen LogP contribution in [-0.2, 0) is 9.63 Å². The Kier molecular flexibility index (Phi) is 3.51. The first kappa shape index (κ1) is 12.9. The minimum atomic E-state index is -0.618. The van der Waals surface area contributed by atoms with Crippen LogP contribution < -0.4 is 5.32 Å². The van der Waals surface area contributed by atoms with Crippen molar-refractivity contribution in [2.75, 3.05) is 5.32 Å². The number of carbonyl (C=O) groups excluding carboxylic acids is 1. The minimum Gasteiger partial charge on any atom is -0.382 e. The molecule has 0 saturated carbocycles. The molecule has 1 amide bonds. The third kappa shape index (κ3) is 2.72. The second-order valence-electron chi connectivity index (χ2n) is 4.31. The van der Waals surface area contributed by atoms with Gasteiger partial charge in [-0.15, -0.1) is 0 Å². The highest BCUT2D eigenvalue weighted by Crippen LogP contribution is 2.20. The molecule has 102 valence electrons. The van der Waals surface area contributed by atoms with Gasteiger partial charge < -0.3 is 10.2 Å². The molecule has 0 unspecified atom stereocenters. The van der Waals surface area contributed by atoms with Gasteiger partial charge in [0.15, 0.2) is 0 Å². The van der Waals surface area contributed by atoms with Crippen molar-refractivity contribution in [3.8, 4) is 0 Å². The van der Waals surface area contributed by atoms with E-state index >= 15 is 0 Å². The molecule has 0 aliphatic carbocycles. The number of carbonyl (C=O) groups is 1. The second kappa shape index (κ2) is 5.46. The summed E-state index contributed by atoms with van der Waals surface area (Å²) in [6.07, 6.45) is 1.39. The topological polar surface area (TPSA) is 79.4 Å². The molecule has 3 rings (SSSR count). The molecule has 6 nitrogen and oxygen atoms in total. The van der Waals surface area contributed by atoms with Crippen molar-refractivity contribution < 1.29 is 9.63 Å². The lowest BCUT2D eigenvalue weighted by atomic mass is 10.0. The van der Waals surface area contributed by atoms with Gasteiger partial charge >= 0.3 is 0 Å². The summed E-state index contributed by atoms with van der Waals surface area (Å²) in [5.41, 5.74) is 1.70. The van der Waals surface area contributed by atoms with Crippen LogP contribution in [0, 0.1) is 0 Å². The van der Waals surface area contributed by atoms with Crippen LogP contribution in [0.1, 0.15) is 12.0 Å². The van der Waals surface area contributed by atoms with Crippen LogP contribution in [0.5, 0.6) is 0 Å². The number of nitrogens with one attached hydrogen (secondary N) is 2. The lowest BCUT2D eigenvalue weighted by Crippen LogP contribution is -2.28. The number of amides is 1. The summed E-state index contributed by atoms with van der Waals surface area (Å²) >= 11 is 3.41. The Labute approximate surface area is 123 Å². The molecule has 1 aromatic heterocycles. The summed E-state index contributed by atoms with van der Waals surface area (Å²) in [6, 6.07) is 9.39. The lowest BCUT2D eigenvalue weighted by Gasteiger charge is -2.07. The summed E-state index contributed by atoms with van der Waals surface area (Å²) in [7, 11) is 0. The van der Waals surface area contributed by atoms with Crippen molar-refractivity contribution in [1.82, 2.24) is 10.2 Å². The summed E-state index contributed by atoms with van der Waals surface area (Å²) < 4.78 is 0.961. The number of halogens is 1. The Morgan fingerprint density at radius 2 is 2.35 bits per heavy atom. The maximum absolute atomic E-state index is 12.0. The average molecular weight is 335 g/mol. The fourth-order valence-corrected chi connectivity index (χ4v) is 2.29. The molecule has 2 heterocycles. The Hall–Kier alpha value is -2.15. The van der Waals surface area contributed by atoms with Gasteiger partial charge in [0.1, 0.15) is 5.82 Å². The van der Waals surface area contributed by atoms with Gasteiger partial charge in [-0.1, -0.05) is 33.2 Å². The second-order valence-corrected chi connectivity index (χ2v) is 5.22. The van der Waals surface area contributed by atoms with Crippen LogP contribution in [0.2, 0.25) is 0 Å². The molecule has 1 atom stereocenters. The Balaban J connectivity index is 1.65. The molecule has 0 bridgehead atoms. The predicted octanol–water partition coefficient (Wildman–Crippen LogP) is 2.30. The number of hydrogen-bond donors (Lipinski definition) is 2. The molecule has 0 fully saturated rings. The number of H-pyrrole nitrogens is 1. The van der Waals surface area contributed by atoms with Crippen molar-refractivity contribution in [3.63, 3.8) is 0 Å². The van der Waals surface area contributed by atoms with E-state index in [2.05, 4.69) is 36.6 Å². The number of rotatable bonds is 3. The molecule has 0 spiro atoms. The molecule has 1 aliphatic heterocycles. The molecule has 2 N–H and O–H groups in total. The van der Waals surface area contributed by atoms with E-state index in [1.165, 1.54) is 0 Å². The fraction of sp³-hybridized carbons (Fsp3) is 0.154. The number of hydrogen-bond acceptors (Lipinski definition) is 4. The zero-order chi connectivity index (χ0) is 13.9. The van der Waals surface area contributed by atoms with Crippen LogP contribution in [0.25, 0.3) is 0 Å². The van der Waals surface area contributed by atoms with E-state index < -0.39 is 6.10 Å². The maximum atomic E-state index is 12.0. The maximum Gasteiger partial charge on any atom is 0.269 e. The number of nitrogens with zero attached hydrogens (tertiary/aromatic N) is 2. The number of aromatic nitrogens is 2. The minimum absolute atomic E-state index is 0.247. The van der Waals surface area contributed by atoms with Gasteiger partial charge in [-0.3, -0.25) is 9.89 Å². The summed E-state index contributed by atoms with van der Waals surface area (Å²) in [5.74, 6) is 0.289. The first-order valence-electron chi connectivity index (χ1n) is 6.01. The van der Waals surface area contributed by atoms with Gasteiger partial charge in [0.05, 0.1) is 11.9 Å². The van der Waals surface area contributed by atoms with E-state index in [-0.39, 0.29) is 5.91 Å². The Bertz CT molecular complexity index is 654. The van der Waals surface area contributed by atoms with Crippen LogP contribution in [0.4, 0.5) is 5.82 Å². The molecule has 20 heavy (non-hydrogen) atoms. The summed E-state index contributed by atoms with van der Waals surface area (Å²) in [6.45, 7) is 0. The zero-order valence-electron chi connectivity index (χ0n) is 10.3. The first-order valence-corrected chi connectivity index (χ1v) is 6.80. The van der Waals surface area contributed by atoms with E-state index in [4.69, 9.17) is 4.84 Å². The largest absolute Gasteiger partial charge is 0.382 e. The van der Waals surface area contributed by atoms with E-state index in [0.29, 0.717) is 12.2 Å². The third-order valence-corrected chi connectivity index (χ3v) is 3.37.